The highest BCUT2D eigenvalue weighted by Gasteiger charge is 2.08. The molecule has 1 aromatic rings. The Morgan fingerprint density at radius 1 is 1.10 bits per heavy atom. The lowest BCUT2D eigenvalue weighted by Gasteiger charge is -2.09. The first kappa shape index (κ1) is 17.2. The summed E-state index contributed by atoms with van der Waals surface area (Å²) < 4.78 is 16.5. The lowest BCUT2D eigenvalue weighted by atomic mass is 10.2. The van der Waals surface area contributed by atoms with Gasteiger partial charge in [0, 0.05) is 36.3 Å². The molecule has 0 aliphatic carbocycles. The molecular formula is C14H23NO4S. The predicted octanol–water partition coefficient (Wildman–Crippen LogP) is 1.71. The summed E-state index contributed by atoms with van der Waals surface area (Å²) in [5.41, 5.74) is 1.79. The summed E-state index contributed by atoms with van der Waals surface area (Å²) in [7, 11) is 1.65. The van der Waals surface area contributed by atoms with Crippen LogP contribution in [0.5, 0.6) is 0 Å². The normalized spacial score (nSPS) is 10.9. The Morgan fingerprint density at radius 2 is 1.75 bits per heavy atom. The van der Waals surface area contributed by atoms with Crippen molar-refractivity contribution < 1.29 is 18.9 Å². The molecule has 0 aliphatic heterocycles. The maximum Gasteiger partial charge on any atom is 0.193 e. The van der Waals surface area contributed by atoms with E-state index in [1.807, 2.05) is 19.9 Å². The fourth-order valence-electron chi connectivity index (χ4n) is 1.55. The van der Waals surface area contributed by atoms with Gasteiger partial charge in [-0.05, 0) is 6.92 Å². The van der Waals surface area contributed by atoms with E-state index in [0.29, 0.717) is 33.0 Å². The van der Waals surface area contributed by atoms with Crippen LogP contribution in [-0.2, 0) is 14.2 Å². The first-order valence-corrected chi connectivity index (χ1v) is 7.62. The van der Waals surface area contributed by atoms with Crippen molar-refractivity contribution in [3.8, 4) is 0 Å². The van der Waals surface area contributed by atoms with Gasteiger partial charge < -0.3 is 19.4 Å². The van der Waals surface area contributed by atoms with E-state index in [1.54, 1.807) is 25.1 Å². The number of pyridine rings is 1. The second kappa shape index (κ2) is 9.99. The van der Waals surface area contributed by atoms with Crippen LogP contribution >= 0.6 is 11.8 Å². The third kappa shape index (κ3) is 6.09. The molecule has 114 valence electrons. The van der Waals surface area contributed by atoms with Gasteiger partial charge in [-0.3, -0.25) is 0 Å². The molecule has 5 nitrogen and oxygen atoms in total. The first-order chi connectivity index (χ1) is 9.66. The Hall–Kier alpha value is -0.820. The Morgan fingerprint density at radius 3 is 2.45 bits per heavy atom. The van der Waals surface area contributed by atoms with E-state index in [2.05, 4.69) is 0 Å². The molecule has 0 aromatic carbocycles. The van der Waals surface area contributed by atoms with Crippen LogP contribution in [0.1, 0.15) is 11.3 Å². The van der Waals surface area contributed by atoms with E-state index < -0.39 is 0 Å². The average Bonchev–Trinajstić information content (AvgIpc) is 2.45. The van der Waals surface area contributed by atoms with E-state index in [4.69, 9.17) is 14.2 Å². The number of thioether (sulfide) groups is 1. The minimum absolute atomic E-state index is 0.591. The molecule has 0 N–H and O–H groups in total. The summed E-state index contributed by atoms with van der Waals surface area (Å²) in [5, 5.41) is 11.4. The van der Waals surface area contributed by atoms with Gasteiger partial charge in [0.2, 0.25) is 0 Å². The maximum atomic E-state index is 11.4. The number of ether oxygens (including phenoxy) is 3. The zero-order valence-electron chi connectivity index (χ0n) is 12.4. The predicted molar refractivity (Wildman–Crippen MR) is 79.1 cm³/mol. The van der Waals surface area contributed by atoms with Crippen LogP contribution in [0.2, 0.25) is 0 Å². The van der Waals surface area contributed by atoms with Gasteiger partial charge in [-0.25, -0.2) is 0 Å². The van der Waals surface area contributed by atoms with Crippen molar-refractivity contribution in [2.45, 2.75) is 18.7 Å². The summed E-state index contributed by atoms with van der Waals surface area (Å²) in [6.07, 6.45) is 1.55. The van der Waals surface area contributed by atoms with Crippen molar-refractivity contribution in [3.63, 3.8) is 0 Å². The highest BCUT2D eigenvalue weighted by atomic mass is 32.2. The molecule has 0 atom stereocenters. The van der Waals surface area contributed by atoms with E-state index in [9.17, 15) is 5.21 Å². The Balaban J connectivity index is 2.11. The summed E-state index contributed by atoms with van der Waals surface area (Å²) in [4.78, 5) is 1.13. The lowest BCUT2D eigenvalue weighted by Crippen LogP contribution is -2.30. The van der Waals surface area contributed by atoms with Crippen LogP contribution in [0, 0.1) is 19.1 Å². The van der Waals surface area contributed by atoms with Gasteiger partial charge in [-0.2, -0.15) is 4.73 Å². The monoisotopic (exact) mass is 301 g/mol. The van der Waals surface area contributed by atoms with Crippen LogP contribution in [0.4, 0.5) is 0 Å². The minimum atomic E-state index is 0.591. The molecule has 1 aromatic heterocycles. The van der Waals surface area contributed by atoms with Crippen LogP contribution in [-0.4, -0.2) is 45.9 Å². The number of hydrogen-bond acceptors (Lipinski definition) is 5. The second-order valence-electron chi connectivity index (χ2n) is 4.28. The van der Waals surface area contributed by atoms with Crippen molar-refractivity contribution in [1.82, 2.24) is 0 Å². The number of nitrogens with zero attached hydrogens (tertiary/aromatic N) is 1. The van der Waals surface area contributed by atoms with Crippen LogP contribution < -0.4 is 4.73 Å². The number of hydrogen-bond donors (Lipinski definition) is 0. The maximum absolute atomic E-state index is 11.4. The van der Waals surface area contributed by atoms with Crippen LogP contribution in [0.15, 0.2) is 17.2 Å². The zero-order valence-corrected chi connectivity index (χ0v) is 13.2. The number of rotatable bonds is 10. The van der Waals surface area contributed by atoms with E-state index in [1.165, 1.54) is 0 Å². The third-order valence-electron chi connectivity index (χ3n) is 2.89. The smallest absolute Gasteiger partial charge is 0.193 e. The molecule has 0 aliphatic rings. The molecule has 0 unspecified atom stereocenters. The summed E-state index contributed by atoms with van der Waals surface area (Å²) in [6, 6.07) is 1.86. The number of aromatic nitrogens is 1. The van der Waals surface area contributed by atoms with Crippen molar-refractivity contribution >= 4 is 11.8 Å². The molecule has 20 heavy (non-hydrogen) atoms. The molecule has 0 saturated heterocycles. The molecular weight excluding hydrogens is 278 g/mol. The summed E-state index contributed by atoms with van der Waals surface area (Å²) >= 11 is 1.70. The topological polar surface area (TPSA) is 54.6 Å². The summed E-state index contributed by atoms with van der Waals surface area (Å²) in [6.45, 7) is 6.87. The summed E-state index contributed by atoms with van der Waals surface area (Å²) in [5.74, 6) is 0.862. The fraction of sp³-hybridized carbons (Fsp3) is 0.643. The van der Waals surface area contributed by atoms with E-state index >= 15 is 0 Å². The Kier molecular flexibility index (Phi) is 8.60. The second-order valence-corrected chi connectivity index (χ2v) is 5.42. The number of methoxy groups -OCH3 is 1. The largest absolute Gasteiger partial charge is 0.619 e. The Labute approximate surface area is 124 Å². The van der Waals surface area contributed by atoms with Gasteiger partial charge in [0.05, 0.1) is 33.0 Å². The zero-order chi connectivity index (χ0) is 14.8. The molecule has 1 heterocycles. The van der Waals surface area contributed by atoms with Crippen LogP contribution in [0.3, 0.4) is 0 Å². The molecule has 0 saturated carbocycles. The lowest BCUT2D eigenvalue weighted by molar-refractivity contribution is -0.613. The van der Waals surface area contributed by atoms with Crippen molar-refractivity contribution in [2.75, 3.05) is 45.9 Å². The molecule has 0 bridgehead atoms. The van der Waals surface area contributed by atoms with Gasteiger partial charge >= 0.3 is 0 Å². The highest BCUT2D eigenvalue weighted by Crippen LogP contribution is 2.22. The van der Waals surface area contributed by atoms with Gasteiger partial charge in [0.15, 0.2) is 11.9 Å². The van der Waals surface area contributed by atoms with Crippen molar-refractivity contribution in [2.24, 2.45) is 0 Å². The van der Waals surface area contributed by atoms with E-state index in [0.717, 1.165) is 26.6 Å². The average molecular weight is 301 g/mol. The fourth-order valence-corrected chi connectivity index (χ4v) is 2.49. The van der Waals surface area contributed by atoms with E-state index in [-0.39, 0.29) is 0 Å². The third-order valence-corrected chi connectivity index (χ3v) is 4.02. The van der Waals surface area contributed by atoms with Gasteiger partial charge in [0.25, 0.3) is 0 Å². The van der Waals surface area contributed by atoms with Gasteiger partial charge in [-0.15, -0.1) is 11.8 Å². The van der Waals surface area contributed by atoms with Gasteiger partial charge in [-0.1, -0.05) is 0 Å². The van der Waals surface area contributed by atoms with Crippen molar-refractivity contribution in [3.05, 3.63) is 28.7 Å². The molecule has 0 amide bonds. The molecule has 0 spiro atoms. The van der Waals surface area contributed by atoms with Crippen molar-refractivity contribution in [1.29, 1.82) is 0 Å². The minimum Gasteiger partial charge on any atom is -0.619 e. The Bertz CT molecular complexity index is 401. The molecule has 6 heteroatoms. The molecule has 0 radical (unpaired) electrons. The first-order valence-electron chi connectivity index (χ1n) is 6.63. The SMILES string of the molecule is COCCOCCOCCSc1cc[n+]([O-])c(C)c1C. The van der Waals surface area contributed by atoms with Crippen LogP contribution in [0.25, 0.3) is 0 Å². The quantitative estimate of drug-likeness (QED) is 0.285. The van der Waals surface area contributed by atoms with Gasteiger partial charge in [0.1, 0.15) is 0 Å². The standard InChI is InChI=1S/C14H23NO4S/c1-12-13(2)15(16)5-4-14(12)20-11-10-19-9-8-18-7-6-17-3/h4-5H,6-11H2,1-3H3. The highest BCUT2D eigenvalue weighted by molar-refractivity contribution is 7.99. The molecule has 1 rings (SSSR count). The molecule has 0 fully saturated rings.